The molecule has 1 aromatic carbocycles. The highest BCUT2D eigenvalue weighted by Crippen LogP contribution is 2.21. The van der Waals surface area contributed by atoms with Crippen LogP contribution in [-0.2, 0) is 0 Å². The van der Waals surface area contributed by atoms with Crippen LogP contribution in [0.5, 0.6) is 11.5 Å². The van der Waals surface area contributed by atoms with E-state index in [1.165, 1.54) is 23.0 Å². The Bertz CT molecular complexity index is 673. The van der Waals surface area contributed by atoms with Crippen LogP contribution < -0.4 is 0 Å². The van der Waals surface area contributed by atoms with Crippen molar-refractivity contribution in [2.24, 2.45) is 5.10 Å². The molecule has 7 heteroatoms. The molecule has 0 saturated heterocycles. The van der Waals surface area contributed by atoms with Crippen LogP contribution in [0.25, 0.3) is 0 Å². The number of phenols is 2. The zero-order valence-corrected chi connectivity index (χ0v) is 11.3. The highest BCUT2D eigenvalue weighted by molar-refractivity contribution is 7.71. The number of aromatic hydroxyl groups is 2. The fourth-order valence-corrected chi connectivity index (χ4v) is 1.74. The van der Waals surface area contributed by atoms with Crippen molar-refractivity contribution >= 4 is 18.4 Å². The van der Waals surface area contributed by atoms with E-state index in [1.54, 1.807) is 6.07 Å². The quantitative estimate of drug-likeness (QED) is 0.594. The molecule has 0 atom stereocenters. The van der Waals surface area contributed by atoms with E-state index in [4.69, 9.17) is 12.2 Å². The van der Waals surface area contributed by atoms with Gasteiger partial charge in [-0.2, -0.15) is 14.9 Å². The van der Waals surface area contributed by atoms with E-state index in [9.17, 15) is 10.2 Å². The molecule has 0 aliphatic heterocycles. The molecule has 0 unspecified atom stereocenters. The second kappa shape index (κ2) is 5.23. The summed E-state index contributed by atoms with van der Waals surface area (Å²) in [6.07, 6.45) is 1.46. The summed E-state index contributed by atoms with van der Waals surface area (Å²) in [7, 11) is 0. The van der Waals surface area contributed by atoms with Gasteiger partial charge in [0, 0.05) is 17.5 Å². The number of rotatable bonds is 3. The van der Waals surface area contributed by atoms with Crippen LogP contribution in [0.1, 0.15) is 31.2 Å². The number of benzene rings is 1. The number of hydrogen-bond donors (Lipinski definition) is 3. The topological polar surface area (TPSA) is 86.4 Å². The number of nitrogens with one attached hydrogen (secondary N) is 1. The van der Waals surface area contributed by atoms with Gasteiger partial charge in [0.25, 0.3) is 0 Å². The van der Waals surface area contributed by atoms with Gasteiger partial charge in [-0.15, -0.1) is 0 Å². The largest absolute Gasteiger partial charge is 0.508 e. The highest BCUT2D eigenvalue weighted by atomic mass is 32.1. The summed E-state index contributed by atoms with van der Waals surface area (Å²) in [6.45, 7) is 3.96. The first kappa shape index (κ1) is 13.3. The first-order valence-corrected chi connectivity index (χ1v) is 6.13. The maximum absolute atomic E-state index is 9.66. The zero-order chi connectivity index (χ0) is 14.0. The lowest BCUT2D eigenvalue weighted by molar-refractivity contribution is 0.450. The molecule has 100 valence electrons. The van der Waals surface area contributed by atoms with Gasteiger partial charge in [-0.05, 0) is 24.4 Å². The predicted molar refractivity (Wildman–Crippen MR) is 74.3 cm³/mol. The smallest absolute Gasteiger partial charge is 0.216 e. The van der Waals surface area contributed by atoms with Crippen LogP contribution in [0.3, 0.4) is 0 Å². The molecular formula is C12H14N4O2S. The molecule has 0 fully saturated rings. The SMILES string of the molecule is CC(C)c1n[nH]c(=S)n1/N=C/c1ccc(O)cc1O. The number of hydrogen-bond acceptors (Lipinski definition) is 5. The predicted octanol–water partition coefficient (Wildman–Crippen LogP) is 2.36. The van der Waals surface area contributed by atoms with Gasteiger partial charge in [0.15, 0.2) is 5.82 Å². The van der Waals surface area contributed by atoms with E-state index in [1.807, 2.05) is 13.8 Å². The lowest BCUT2D eigenvalue weighted by Crippen LogP contribution is -2.00. The van der Waals surface area contributed by atoms with Crippen LogP contribution >= 0.6 is 12.2 Å². The summed E-state index contributed by atoms with van der Waals surface area (Å²) in [5, 5.41) is 29.8. The van der Waals surface area contributed by atoms with Crippen LogP contribution in [0.15, 0.2) is 23.3 Å². The maximum Gasteiger partial charge on any atom is 0.216 e. The number of aromatic nitrogens is 3. The van der Waals surface area contributed by atoms with E-state index in [0.29, 0.717) is 16.2 Å². The third-order valence-corrected chi connectivity index (χ3v) is 2.78. The standard InChI is InChI=1S/C12H14N4O2S/c1-7(2)11-14-15-12(19)16(11)13-6-8-3-4-9(17)5-10(8)18/h3-7,17-18H,1-2H3,(H,15,19)/b13-6+. The summed E-state index contributed by atoms with van der Waals surface area (Å²) in [5.74, 6) is 0.820. The van der Waals surface area contributed by atoms with Crippen molar-refractivity contribution in [2.75, 3.05) is 0 Å². The average Bonchev–Trinajstić information content (AvgIpc) is 2.70. The second-order valence-electron chi connectivity index (χ2n) is 4.34. The molecule has 19 heavy (non-hydrogen) atoms. The van der Waals surface area contributed by atoms with E-state index in [0.717, 1.165) is 0 Å². The van der Waals surface area contributed by atoms with Gasteiger partial charge in [-0.3, -0.25) is 5.10 Å². The van der Waals surface area contributed by atoms with Crippen LogP contribution in [0, 0.1) is 4.77 Å². The van der Waals surface area contributed by atoms with Crippen molar-refractivity contribution in [3.8, 4) is 11.5 Å². The molecule has 3 N–H and O–H groups in total. The first-order valence-electron chi connectivity index (χ1n) is 5.72. The lowest BCUT2D eigenvalue weighted by atomic mass is 10.2. The van der Waals surface area contributed by atoms with Crippen molar-refractivity contribution in [3.63, 3.8) is 0 Å². The Hall–Kier alpha value is -2.15. The Kier molecular flexibility index (Phi) is 3.66. The van der Waals surface area contributed by atoms with Gasteiger partial charge < -0.3 is 10.2 Å². The molecule has 0 saturated carbocycles. The summed E-state index contributed by atoms with van der Waals surface area (Å²) >= 11 is 5.09. The normalized spacial score (nSPS) is 11.5. The summed E-state index contributed by atoms with van der Waals surface area (Å²) in [6, 6.07) is 4.28. The molecule has 0 aliphatic carbocycles. The molecule has 1 aromatic heterocycles. The minimum Gasteiger partial charge on any atom is -0.508 e. The summed E-state index contributed by atoms with van der Waals surface area (Å²) in [4.78, 5) is 0. The van der Waals surface area contributed by atoms with Crippen molar-refractivity contribution < 1.29 is 10.2 Å². The number of H-pyrrole nitrogens is 1. The van der Waals surface area contributed by atoms with Gasteiger partial charge in [0.1, 0.15) is 11.5 Å². The Morgan fingerprint density at radius 1 is 1.42 bits per heavy atom. The zero-order valence-electron chi connectivity index (χ0n) is 10.5. The van der Waals surface area contributed by atoms with Crippen LogP contribution in [-0.4, -0.2) is 31.3 Å². The highest BCUT2D eigenvalue weighted by Gasteiger charge is 2.09. The minimum atomic E-state index is -0.0511. The molecule has 0 aliphatic rings. The molecule has 0 radical (unpaired) electrons. The molecule has 2 rings (SSSR count). The Morgan fingerprint density at radius 3 is 2.79 bits per heavy atom. The Morgan fingerprint density at radius 2 is 2.16 bits per heavy atom. The van der Waals surface area contributed by atoms with E-state index in [2.05, 4.69) is 15.3 Å². The molecule has 0 bridgehead atoms. The Balaban J connectivity index is 2.38. The summed E-state index contributed by atoms with van der Waals surface area (Å²) < 4.78 is 1.89. The van der Waals surface area contributed by atoms with Gasteiger partial charge >= 0.3 is 0 Å². The van der Waals surface area contributed by atoms with Gasteiger partial charge in [0.05, 0.1) is 6.21 Å². The third-order valence-electron chi connectivity index (χ3n) is 2.52. The molecule has 0 amide bonds. The van der Waals surface area contributed by atoms with Gasteiger partial charge in [-0.1, -0.05) is 13.8 Å². The number of nitrogens with zero attached hydrogens (tertiary/aromatic N) is 3. The maximum atomic E-state index is 9.66. The molecule has 1 heterocycles. The van der Waals surface area contributed by atoms with Gasteiger partial charge in [-0.25, -0.2) is 0 Å². The number of aromatic amines is 1. The second-order valence-corrected chi connectivity index (χ2v) is 4.73. The molecule has 0 spiro atoms. The lowest BCUT2D eigenvalue weighted by Gasteiger charge is -2.03. The fourth-order valence-electron chi connectivity index (χ4n) is 1.55. The van der Waals surface area contributed by atoms with Crippen LogP contribution in [0.4, 0.5) is 0 Å². The van der Waals surface area contributed by atoms with E-state index >= 15 is 0 Å². The van der Waals surface area contributed by atoms with Crippen molar-refractivity contribution in [3.05, 3.63) is 34.4 Å². The molecule has 2 aromatic rings. The van der Waals surface area contributed by atoms with Crippen molar-refractivity contribution in [1.29, 1.82) is 0 Å². The fraction of sp³-hybridized carbons (Fsp3) is 0.250. The monoisotopic (exact) mass is 278 g/mol. The van der Waals surface area contributed by atoms with Crippen LogP contribution in [0.2, 0.25) is 0 Å². The summed E-state index contributed by atoms with van der Waals surface area (Å²) in [5.41, 5.74) is 0.482. The molecular weight excluding hydrogens is 264 g/mol. The van der Waals surface area contributed by atoms with Crippen molar-refractivity contribution in [2.45, 2.75) is 19.8 Å². The average molecular weight is 278 g/mol. The minimum absolute atomic E-state index is 0.00237. The third kappa shape index (κ3) is 2.82. The van der Waals surface area contributed by atoms with Gasteiger partial charge in [0.2, 0.25) is 4.77 Å². The van der Waals surface area contributed by atoms with E-state index in [-0.39, 0.29) is 17.4 Å². The Labute approximate surface area is 115 Å². The first-order chi connectivity index (χ1) is 8.99. The van der Waals surface area contributed by atoms with E-state index < -0.39 is 0 Å². The number of phenolic OH excluding ortho intramolecular Hbond substituents is 2. The van der Waals surface area contributed by atoms with Crippen molar-refractivity contribution in [1.82, 2.24) is 14.9 Å². The molecule has 6 nitrogen and oxygen atoms in total.